The van der Waals surface area contributed by atoms with E-state index in [0.29, 0.717) is 11.0 Å². The minimum atomic E-state index is -2.77. The molecule has 5 heteroatoms. The molecule has 3 nitrogen and oxygen atoms in total. The van der Waals surface area contributed by atoms with Crippen molar-refractivity contribution in [3.8, 4) is 0 Å². The lowest BCUT2D eigenvalue weighted by Crippen LogP contribution is -2.25. The molecule has 0 bridgehead atoms. The summed E-state index contributed by atoms with van der Waals surface area (Å²) in [5, 5.41) is 3.84. The van der Waals surface area contributed by atoms with Gasteiger partial charge in [-0.1, -0.05) is 13.8 Å². The monoisotopic (exact) mass is 239 g/mol. The van der Waals surface area contributed by atoms with Gasteiger partial charge in [-0.2, -0.15) is 11.8 Å². The van der Waals surface area contributed by atoms with E-state index in [1.807, 2.05) is 11.8 Å². The first-order valence-corrected chi connectivity index (χ1v) is 8.06. The van der Waals surface area contributed by atoms with Gasteiger partial charge in [0, 0.05) is 17.5 Å². The highest BCUT2D eigenvalue weighted by Crippen LogP contribution is 2.02. The van der Waals surface area contributed by atoms with Crippen molar-refractivity contribution in [3.05, 3.63) is 0 Å². The van der Waals surface area contributed by atoms with Gasteiger partial charge in [0.1, 0.15) is 9.84 Å². The van der Waals surface area contributed by atoms with Gasteiger partial charge in [0.25, 0.3) is 0 Å². The minimum Gasteiger partial charge on any atom is -0.316 e. The lowest BCUT2D eigenvalue weighted by Gasteiger charge is -2.09. The molecule has 0 aromatic heterocycles. The molecule has 0 saturated carbocycles. The van der Waals surface area contributed by atoms with E-state index >= 15 is 0 Å². The molecule has 86 valence electrons. The molecule has 1 atom stereocenters. The second kappa shape index (κ2) is 7.54. The van der Waals surface area contributed by atoms with Gasteiger partial charge in [-0.15, -0.1) is 0 Å². The highest BCUT2D eigenvalue weighted by Gasteiger charge is 2.06. The first kappa shape index (κ1) is 14.3. The Hall–Kier alpha value is 0.260. The lowest BCUT2D eigenvalue weighted by atomic mass is 10.4. The zero-order valence-electron chi connectivity index (χ0n) is 9.25. The van der Waals surface area contributed by atoms with Gasteiger partial charge in [-0.05, 0) is 19.2 Å². The third-order valence-corrected chi connectivity index (χ3v) is 4.84. The molecule has 14 heavy (non-hydrogen) atoms. The highest BCUT2D eigenvalue weighted by atomic mass is 32.2. The second-order valence-corrected chi connectivity index (χ2v) is 7.09. The van der Waals surface area contributed by atoms with Crippen LogP contribution in [0.3, 0.4) is 0 Å². The number of hydrogen-bond acceptors (Lipinski definition) is 4. The topological polar surface area (TPSA) is 46.2 Å². The van der Waals surface area contributed by atoms with Gasteiger partial charge < -0.3 is 5.32 Å². The van der Waals surface area contributed by atoms with Crippen LogP contribution in [0.4, 0.5) is 0 Å². The van der Waals surface area contributed by atoms with Crippen LogP contribution in [-0.2, 0) is 9.84 Å². The van der Waals surface area contributed by atoms with Crippen LogP contribution >= 0.6 is 11.8 Å². The summed E-state index contributed by atoms with van der Waals surface area (Å²) in [7, 11) is -2.77. The van der Waals surface area contributed by atoms with Crippen LogP contribution < -0.4 is 5.32 Å². The zero-order valence-corrected chi connectivity index (χ0v) is 10.9. The predicted octanol–water partition coefficient (Wildman–Crippen LogP) is 1.15. The maximum atomic E-state index is 11.1. The van der Waals surface area contributed by atoms with Crippen molar-refractivity contribution < 1.29 is 8.42 Å². The van der Waals surface area contributed by atoms with Crippen molar-refractivity contribution in [1.29, 1.82) is 0 Å². The Kier molecular flexibility index (Phi) is 7.68. The van der Waals surface area contributed by atoms with Crippen LogP contribution in [0.5, 0.6) is 0 Å². The first-order valence-electron chi connectivity index (χ1n) is 4.95. The summed E-state index contributed by atoms with van der Waals surface area (Å²) < 4.78 is 22.2. The van der Waals surface area contributed by atoms with Crippen molar-refractivity contribution in [2.24, 2.45) is 0 Å². The summed E-state index contributed by atoms with van der Waals surface area (Å²) in [4.78, 5) is 0. The number of thioether (sulfide) groups is 1. The third kappa shape index (κ3) is 7.64. The number of sulfone groups is 1. The molecule has 0 aliphatic rings. The van der Waals surface area contributed by atoms with E-state index in [-0.39, 0.29) is 5.75 Å². The summed E-state index contributed by atoms with van der Waals surface area (Å²) in [6.45, 7) is 5.59. The lowest BCUT2D eigenvalue weighted by molar-refractivity contribution is 0.590. The average molecular weight is 239 g/mol. The molecule has 1 N–H and O–H groups in total. The normalized spacial score (nSPS) is 14.2. The molecule has 0 fully saturated rings. The van der Waals surface area contributed by atoms with Crippen molar-refractivity contribution in [2.45, 2.75) is 25.5 Å². The smallest absolute Gasteiger partial charge is 0.150 e. The largest absolute Gasteiger partial charge is 0.316 e. The van der Waals surface area contributed by atoms with E-state index in [9.17, 15) is 8.42 Å². The van der Waals surface area contributed by atoms with Crippen molar-refractivity contribution in [1.82, 2.24) is 5.32 Å². The van der Waals surface area contributed by atoms with Gasteiger partial charge in [0.2, 0.25) is 0 Å². The molecule has 0 saturated heterocycles. The Bertz CT molecular complexity index is 227. The minimum absolute atomic E-state index is 0.258. The standard InChI is InChI=1S/C9H21NO2S2/c1-4-14(11,12)7-5-6-10-8-9(2)13-3/h9-10H,4-8H2,1-3H3. The molecule has 0 aromatic rings. The number of hydrogen-bond donors (Lipinski definition) is 1. The van der Waals surface area contributed by atoms with Crippen LogP contribution in [0, 0.1) is 0 Å². The van der Waals surface area contributed by atoms with E-state index in [4.69, 9.17) is 0 Å². The maximum absolute atomic E-state index is 11.1. The van der Waals surface area contributed by atoms with E-state index in [2.05, 4.69) is 18.5 Å². The van der Waals surface area contributed by atoms with Gasteiger partial charge >= 0.3 is 0 Å². The molecule has 0 aromatic carbocycles. The molecular weight excluding hydrogens is 218 g/mol. The summed E-state index contributed by atoms with van der Waals surface area (Å²) in [6, 6.07) is 0. The number of nitrogens with one attached hydrogen (secondary N) is 1. The van der Waals surface area contributed by atoms with Crippen molar-refractivity contribution in [3.63, 3.8) is 0 Å². The van der Waals surface area contributed by atoms with Gasteiger partial charge in [0.05, 0.1) is 5.75 Å². The van der Waals surface area contributed by atoms with Crippen LogP contribution in [0.2, 0.25) is 0 Å². The quantitative estimate of drug-likeness (QED) is 0.646. The Morgan fingerprint density at radius 1 is 1.43 bits per heavy atom. The van der Waals surface area contributed by atoms with Crippen LogP contribution in [0.15, 0.2) is 0 Å². The molecule has 0 aliphatic heterocycles. The van der Waals surface area contributed by atoms with E-state index in [1.165, 1.54) is 0 Å². The zero-order chi connectivity index (χ0) is 11.0. The Morgan fingerprint density at radius 3 is 2.57 bits per heavy atom. The Balaban J connectivity index is 3.39. The molecule has 0 amide bonds. The first-order chi connectivity index (χ1) is 6.52. The average Bonchev–Trinajstić information content (AvgIpc) is 2.17. The van der Waals surface area contributed by atoms with Crippen LogP contribution in [0.1, 0.15) is 20.3 Å². The summed E-state index contributed by atoms with van der Waals surface area (Å²) in [5.41, 5.74) is 0. The molecule has 0 aliphatic carbocycles. The third-order valence-electron chi connectivity index (χ3n) is 2.08. The van der Waals surface area contributed by atoms with Crippen molar-refractivity contribution in [2.75, 3.05) is 30.9 Å². The van der Waals surface area contributed by atoms with Crippen LogP contribution in [-0.4, -0.2) is 44.5 Å². The molecule has 0 spiro atoms. The SMILES string of the molecule is CCS(=O)(=O)CCCNCC(C)SC. The van der Waals surface area contributed by atoms with Crippen LogP contribution in [0.25, 0.3) is 0 Å². The van der Waals surface area contributed by atoms with Gasteiger partial charge in [-0.25, -0.2) is 8.42 Å². The van der Waals surface area contributed by atoms with Crippen molar-refractivity contribution >= 4 is 21.6 Å². The fourth-order valence-electron chi connectivity index (χ4n) is 0.950. The van der Waals surface area contributed by atoms with E-state index in [0.717, 1.165) is 19.5 Å². The Morgan fingerprint density at radius 2 is 2.07 bits per heavy atom. The molecule has 0 rings (SSSR count). The van der Waals surface area contributed by atoms with E-state index in [1.54, 1.807) is 6.92 Å². The van der Waals surface area contributed by atoms with Gasteiger partial charge in [0.15, 0.2) is 0 Å². The summed E-state index contributed by atoms with van der Waals surface area (Å²) >= 11 is 1.81. The molecular formula is C9H21NO2S2. The highest BCUT2D eigenvalue weighted by molar-refractivity contribution is 7.99. The summed E-state index contributed by atoms with van der Waals surface area (Å²) in [5.74, 6) is 0.568. The molecule has 0 radical (unpaired) electrons. The maximum Gasteiger partial charge on any atom is 0.150 e. The number of rotatable bonds is 8. The Labute approximate surface area is 92.0 Å². The fraction of sp³-hybridized carbons (Fsp3) is 1.00. The molecule has 0 heterocycles. The fourth-order valence-corrected chi connectivity index (χ4v) is 2.11. The summed E-state index contributed by atoms with van der Waals surface area (Å²) in [6.07, 6.45) is 2.80. The second-order valence-electron chi connectivity index (χ2n) is 3.34. The van der Waals surface area contributed by atoms with E-state index < -0.39 is 9.84 Å². The van der Waals surface area contributed by atoms with Gasteiger partial charge in [-0.3, -0.25) is 0 Å². The predicted molar refractivity (Wildman–Crippen MR) is 64.8 cm³/mol. The molecule has 1 unspecified atom stereocenters.